The topological polar surface area (TPSA) is 66.8 Å². The van der Waals surface area contributed by atoms with Crippen LogP contribution in [0.2, 0.25) is 10.0 Å². The highest BCUT2D eigenvalue weighted by Crippen LogP contribution is 2.22. The quantitative estimate of drug-likeness (QED) is 0.862. The lowest BCUT2D eigenvalue weighted by Crippen LogP contribution is -2.51. The highest BCUT2D eigenvalue weighted by Gasteiger charge is 2.22. The van der Waals surface area contributed by atoms with E-state index in [1.807, 2.05) is 24.5 Å². The second-order valence-corrected chi connectivity index (χ2v) is 6.75. The molecule has 0 radical (unpaired) electrons. The van der Waals surface area contributed by atoms with Crippen molar-refractivity contribution in [2.24, 2.45) is 0 Å². The van der Waals surface area contributed by atoms with Crippen LogP contribution >= 0.6 is 23.2 Å². The molecule has 0 spiro atoms. The molecule has 8 heteroatoms. The standard InChI is InChI=1S/C18H18Cl2N4O2/c19-15-2-1-13(11-16(15)20)18(26)22-12-17(25)24-9-7-23(8-10-24)14-3-5-21-6-4-14/h1-6,11H,7-10,12H2,(H,22,26)/p+1. The Morgan fingerprint density at radius 1 is 1.00 bits per heavy atom. The molecular formula is C18H19Cl2N4O2+. The van der Waals surface area contributed by atoms with E-state index in [1.165, 1.54) is 6.07 Å². The second kappa shape index (κ2) is 8.38. The normalized spacial score (nSPS) is 14.2. The van der Waals surface area contributed by atoms with E-state index in [9.17, 15) is 9.59 Å². The predicted molar refractivity (Wildman–Crippen MR) is 101 cm³/mol. The number of hydrogen-bond donors (Lipinski definition) is 1. The predicted octanol–water partition coefficient (Wildman–Crippen LogP) is 1.89. The van der Waals surface area contributed by atoms with Gasteiger partial charge in [-0.15, -0.1) is 0 Å². The minimum absolute atomic E-state index is 0.0423. The Morgan fingerprint density at radius 2 is 1.69 bits per heavy atom. The van der Waals surface area contributed by atoms with Gasteiger partial charge in [0.05, 0.1) is 16.6 Å². The molecule has 26 heavy (non-hydrogen) atoms. The molecule has 2 aromatic rings. The fourth-order valence-electron chi connectivity index (χ4n) is 2.81. The van der Waals surface area contributed by atoms with Crippen molar-refractivity contribution in [3.8, 4) is 0 Å². The number of nitrogens with zero attached hydrogens (tertiary/aromatic N) is 2. The van der Waals surface area contributed by atoms with Crippen molar-refractivity contribution < 1.29 is 14.6 Å². The lowest BCUT2D eigenvalue weighted by molar-refractivity contribution is -0.377. The number of hydrogen-bond acceptors (Lipinski definition) is 3. The number of carbonyl (C=O) groups excluding carboxylic acids is 2. The zero-order valence-electron chi connectivity index (χ0n) is 14.0. The molecule has 0 aliphatic carbocycles. The van der Waals surface area contributed by atoms with E-state index in [4.69, 9.17) is 23.2 Å². The fraction of sp³-hybridized carbons (Fsp3) is 0.278. The van der Waals surface area contributed by atoms with E-state index < -0.39 is 0 Å². The molecule has 1 aromatic carbocycles. The molecule has 6 nitrogen and oxygen atoms in total. The first-order valence-electron chi connectivity index (χ1n) is 8.26. The average Bonchev–Trinajstić information content (AvgIpc) is 2.68. The number of carbonyl (C=O) groups is 2. The maximum atomic E-state index is 12.3. The van der Waals surface area contributed by atoms with Gasteiger partial charge < -0.3 is 15.1 Å². The number of piperazine rings is 1. The van der Waals surface area contributed by atoms with Crippen LogP contribution in [-0.4, -0.2) is 49.4 Å². The van der Waals surface area contributed by atoms with Gasteiger partial charge in [-0.05, 0) is 18.2 Å². The van der Waals surface area contributed by atoms with Gasteiger partial charge in [-0.3, -0.25) is 9.59 Å². The zero-order valence-corrected chi connectivity index (χ0v) is 15.6. The maximum absolute atomic E-state index is 12.3. The fourth-order valence-corrected chi connectivity index (χ4v) is 3.11. The van der Waals surface area contributed by atoms with Gasteiger partial charge in [0, 0.05) is 49.6 Å². The maximum Gasteiger partial charge on any atom is 0.251 e. The molecular weight excluding hydrogens is 375 g/mol. The smallest absolute Gasteiger partial charge is 0.251 e. The highest BCUT2D eigenvalue weighted by atomic mass is 35.5. The molecule has 1 saturated heterocycles. The first-order chi connectivity index (χ1) is 12.5. The monoisotopic (exact) mass is 393 g/mol. The molecule has 1 aromatic heterocycles. The summed E-state index contributed by atoms with van der Waals surface area (Å²) in [5, 5.41) is 3.32. The highest BCUT2D eigenvalue weighted by molar-refractivity contribution is 6.42. The number of anilines is 1. The Labute approximate surface area is 161 Å². The van der Waals surface area contributed by atoms with E-state index in [0.29, 0.717) is 28.7 Å². The van der Waals surface area contributed by atoms with Crippen molar-refractivity contribution in [2.45, 2.75) is 0 Å². The lowest BCUT2D eigenvalue weighted by atomic mass is 10.2. The van der Waals surface area contributed by atoms with Gasteiger partial charge in [-0.2, -0.15) is 0 Å². The summed E-state index contributed by atoms with van der Waals surface area (Å²) in [5.74, 6) is -0.449. The summed E-state index contributed by atoms with van der Waals surface area (Å²) >= 11 is 11.8. The SMILES string of the molecule is O=C(NCC(=O)N1CCN(c2cc[nH+]cc2)CC1)c1ccc(Cl)c(Cl)c1. The number of aromatic amines is 1. The number of H-pyrrole nitrogens is 1. The van der Waals surface area contributed by atoms with E-state index in [0.717, 1.165) is 18.8 Å². The summed E-state index contributed by atoms with van der Waals surface area (Å²) in [6.45, 7) is 2.73. The molecule has 3 rings (SSSR count). The largest absolute Gasteiger partial charge is 0.368 e. The third-order valence-corrected chi connectivity index (χ3v) is 5.02. The number of nitrogens with one attached hydrogen (secondary N) is 2. The molecule has 0 atom stereocenters. The number of aromatic nitrogens is 1. The van der Waals surface area contributed by atoms with E-state index in [1.54, 1.807) is 17.0 Å². The Kier molecular flexibility index (Phi) is 5.96. The van der Waals surface area contributed by atoms with Crippen LogP contribution in [0, 0.1) is 0 Å². The minimum Gasteiger partial charge on any atom is -0.368 e. The van der Waals surface area contributed by atoms with Crippen molar-refractivity contribution in [1.29, 1.82) is 0 Å². The zero-order chi connectivity index (χ0) is 18.5. The number of halogens is 2. The summed E-state index contributed by atoms with van der Waals surface area (Å²) < 4.78 is 0. The van der Waals surface area contributed by atoms with Gasteiger partial charge >= 0.3 is 0 Å². The van der Waals surface area contributed by atoms with Crippen molar-refractivity contribution in [3.05, 3.63) is 58.3 Å². The minimum atomic E-state index is -0.351. The van der Waals surface area contributed by atoms with Crippen LogP contribution in [0.4, 0.5) is 5.69 Å². The van der Waals surface area contributed by atoms with Gasteiger partial charge in [0.25, 0.3) is 5.91 Å². The molecule has 0 saturated carbocycles. The van der Waals surface area contributed by atoms with Gasteiger partial charge in [0.2, 0.25) is 5.91 Å². The number of amides is 2. The van der Waals surface area contributed by atoms with Crippen molar-refractivity contribution in [1.82, 2.24) is 10.2 Å². The number of pyridine rings is 1. The van der Waals surface area contributed by atoms with Crippen LogP contribution in [0.3, 0.4) is 0 Å². The van der Waals surface area contributed by atoms with Crippen LogP contribution in [0.1, 0.15) is 10.4 Å². The van der Waals surface area contributed by atoms with Crippen LogP contribution in [0.15, 0.2) is 42.7 Å². The van der Waals surface area contributed by atoms with Crippen LogP contribution in [-0.2, 0) is 4.79 Å². The first kappa shape index (κ1) is 18.5. The average molecular weight is 394 g/mol. The van der Waals surface area contributed by atoms with Gasteiger partial charge in [-0.1, -0.05) is 23.2 Å². The van der Waals surface area contributed by atoms with Crippen LogP contribution in [0.25, 0.3) is 0 Å². The van der Waals surface area contributed by atoms with Crippen LogP contribution in [0.5, 0.6) is 0 Å². The molecule has 136 valence electrons. The van der Waals surface area contributed by atoms with E-state index in [-0.39, 0.29) is 18.4 Å². The van der Waals surface area contributed by atoms with Crippen molar-refractivity contribution >= 4 is 40.7 Å². The van der Waals surface area contributed by atoms with Crippen LogP contribution < -0.4 is 15.2 Å². The second-order valence-electron chi connectivity index (χ2n) is 5.94. The van der Waals surface area contributed by atoms with Gasteiger partial charge in [0.15, 0.2) is 12.4 Å². The van der Waals surface area contributed by atoms with Gasteiger partial charge in [0.1, 0.15) is 0 Å². The molecule has 2 N–H and O–H groups in total. The van der Waals surface area contributed by atoms with E-state index in [2.05, 4.69) is 15.2 Å². The Balaban J connectivity index is 1.48. The molecule has 1 fully saturated rings. The Morgan fingerprint density at radius 3 is 2.35 bits per heavy atom. The first-order valence-corrected chi connectivity index (χ1v) is 9.02. The molecule has 2 amide bonds. The summed E-state index contributed by atoms with van der Waals surface area (Å²) in [7, 11) is 0. The third-order valence-electron chi connectivity index (χ3n) is 4.28. The molecule has 0 bridgehead atoms. The summed E-state index contributed by atoms with van der Waals surface area (Å²) in [4.78, 5) is 31.5. The summed E-state index contributed by atoms with van der Waals surface area (Å²) in [5.41, 5.74) is 1.50. The van der Waals surface area contributed by atoms with Gasteiger partial charge in [-0.25, -0.2) is 4.98 Å². The van der Waals surface area contributed by atoms with Crippen molar-refractivity contribution in [2.75, 3.05) is 37.6 Å². The number of rotatable bonds is 4. The summed E-state index contributed by atoms with van der Waals surface area (Å²) in [6, 6.07) is 8.63. The number of benzene rings is 1. The Bertz CT molecular complexity index is 793. The lowest BCUT2D eigenvalue weighted by Gasteiger charge is -2.35. The molecule has 2 heterocycles. The van der Waals surface area contributed by atoms with E-state index >= 15 is 0 Å². The molecule has 0 unspecified atom stereocenters. The third kappa shape index (κ3) is 4.45. The molecule has 1 aliphatic heterocycles. The Hall–Kier alpha value is -2.31. The summed E-state index contributed by atoms with van der Waals surface area (Å²) in [6.07, 6.45) is 3.76. The molecule has 1 aliphatic rings. The van der Waals surface area contributed by atoms with Crippen molar-refractivity contribution in [3.63, 3.8) is 0 Å².